The second-order valence-electron chi connectivity index (χ2n) is 7.03. The summed E-state index contributed by atoms with van der Waals surface area (Å²) in [5.41, 5.74) is -0.725. The smallest absolute Gasteiger partial charge is 0.355 e. The number of nitrogens with one attached hydrogen (secondary N) is 2. The van der Waals surface area contributed by atoms with Crippen molar-refractivity contribution in [2.24, 2.45) is 7.05 Å². The van der Waals surface area contributed by atoms with Crippen LogP contribution in [0, 0.1) is 0 Å². The molecule has 0 saturated carbocycles. The van der Waals surface area contributed by atoms with Crippen molar-refractivity contribution in [1.29, 1.82) is 0 Å². The number of carbonyl (C=O) groups excluding carboxylic acids is 1. The number of halogens is 3. The quantitative estimate of drug-likeness (QED) is 0.691. The van der Waals surface area contributed by atoms with E-state index in [1.807, 2.05) is 0 Å². The Kier molecular flexibility index (Phi) is 4.32. The molecule has 1 atom stereocenters. The normalized spacial score (nSPS) is 19.4. The second kappa shape index (κ2) is 6.61. The van der Waals surface area contributed by atoms with Gasteiger partial charge in [0.25, 0.3) is 0 Å². The number of benzene rings is 1. The van der Waals surface area contributed by atoms with E-state index < -0.39 is 17.2 Å². The van der Waals surface area contributed by atoms with Crippen molar-refractivity contribution < 1.29 is 22.5 Å². The Morgan fingerprint density at radius 3 is 2.62 bits per heavy atom. The zero-order valence-corrected chi connectivity index (χ0v) is 15.5. The van der Waals surface area contributed by atoms with Gasteiger partial charge in [-0.3, -0.25) is 9.48 Å². The third-order valence-electron chi connectivity index (χ3n) is 4.85. The van der Waals surface area contributed by atoms with E-state index in [4.69, 9.17) is 4.52 Å². The summed E-state index contributed by atoms with van der Waals surface area (Å²) in [5, 5.41) is 14.0. The SMILES string of the molecule is Cn1cc(-c2noc([C@@]3(C)CCNC3=O)n2)c(Nc2ccc(C(F)(F)F)cc2)n1. The summed E-state index contributed by atoms with van der Waals surface area (Å²) in [4.78, 5) is 16.5. The summed E-state index contributed by atoms with van der Waals surface area (Å²) < 4.78 is 45.0. The lowest BCUT2D eigenvalue weighted by Gasteiger charge is -2.13. The van der Waals surface area contributed by atoms with Crippen molar-refractivity contribution in [3.8, 4) is 11.4 Å². The number of hydrogen-bond donors (Lipinski definition) is 2. The molecule has 1 aliphatic heterocycles. The van der Waals surface area contributed by atoms with Crippen molar-refractivity contribution in [1.82, 2.24) is 25.2 Å². The number of amides is 1. The molecule has 1 fully saturated rings. The average molecular weight is 406 g/mol. The summed E-state index contributed by atoms with van der Waals surface area (Å²) in [6, 6.07) is 4.59. The Balaban J connectivity index is 1.62. The lowest BCUT2D eigenvalue weighted by atomic mass is 9.89. The lowest BCUT2D eigenvalue weighted by Crippen LogP contribution is -2.32. The van der Waals surface area contributed by atoms with E-state index in [-0.39, 0.29) is 17.6 Å². The molecular weight excluding hydrogens is 389 g/mol. The molecule has 3 aromatic rings. The maximum absolute atomic E-state index is 12.7. The average Bonchev–Trinajstić information content (AvgIpc) is 3.35. The monoisotopic (exact) mass is 406 g/mol. The van der Waals surface area contributed by atoms with Gasteiger partial charge < -0.3 is 15.2 Å². The molecule has 29 heavy (non-hydrogen) atoms. The number of carbonyl (C=O) groups is 1. The number of hydrogen-bond acceptors (Lipinski definition) is 6. The molecule has 4 rings (SSSR count). The van der Waals surface area contributed by atoms with Crippen LogP contribution in [0.4, 0.5) is 24.7 Å². The van der Waals surface area contributed by atoms with Crippen LogP contribution in [0.5, 0.6) is 0 Å². The van der Waals surface area contributed by atoms with Gasteiger partial charge in [-0.05, 0) is 37.6 Å². The molecule has 0 unspecified atom stereocenters. The molecule has 11 heteroatoms. The first-order valence-electron chi connectivity index (χ1n) is 8.77. The van der Waals surface area contributed by atoms with Gasteiger partial charge in [0.1, 0.15) is 5.41 Å². The summed E-state index contributed by atoms with van der Waals surface area (Å²) in [7, 11) is 1.69. The lowest BCUT2D eigenvalue weighted by molar-refractivity contribution is -0.137. The van der Waals surface area contributed by atoms with Gasteiger partial charge in [-0.2, -0.15) is 23.3 Å². The standard InChI is InChI=1S/C18H17F3N6O2/c1-17(7-8-22-15(17)28)16-24-14(26-29-16)12-9-27(2)25-13(12)23-11-5-3-10(4-6-11)18(19,20)21/h3-6,9H,7-8H2,1-2H3,(H,22,28)(H,23,25)/t17-/m0/s1. The van der Waals surface area contributed by atoms with Gasteiger partial charge in [0.15, 0.2) is 5.82 Å². The fourth-order valence-corrected chi connectivity index (χ4v) is 3.12. The number of aryl methyl sites for hydroxylation is 1. The molecule has 1 amide bonds. The predicted molar refractivity (Wildman–Crippen MR) is 96.2 cm³/mol. The summed E-state index contributed by atoms with van der Waals surface area (Å²) >= 11 is 0. The van der Waals surface area contributed by atoms with Crippen molar-refractivity contribution in [3.05, 3.63) is 41.9 Å². The molecule has 152 valence electrons. The van der Waals surface area contributed by atoms with Crippen LogP contribution in [0.3, 0.4) is 0 Å². The van der Waals surface area contributed by atoms with E-state index >= 15 is 0 Å². The topological polar surface area (TPSA) is 97.9 Å². The number of aromatic nitrogens is 4. The maximum Gasteiger partial charge on any atom is 0.416 e. The zero-order valence-electron chi connectivity index (χ0n) is 15.5. The van der Waals surface area contributed by atoms with Gasteiger partial charge in [-0.15, -0.1) is 0 Å². The minimum atomic E-state index is -4.40. The first-order valence-corrected chi connectivity index (χ1v) is 8.77. The first kappa shape index (κ1) is 19.0. The fourth-order valence-electron chi connectivity index (χ4n) is 3.12. The van der Waals surface area contributed by atoms with Crippen LogP contribution < -0.4 is 10.6 Å². The highest BCUT2D eigenvalue weighted by Gasteiger charge is 2.44. The van der Waals surface area contributed by atoms with Crippen LogP contribution in [0.1, 0.15) is 24.8 Å². The molecule has 0 spiro atoms. The third kappa shape index (κ3) is 3.43. The summed E-state index contributed by atoms with van der Waals surface area (Å²) in [5.74, 6) is 0.595. The molecule has 1 saturated heterocycles. The van der Waals surface area contributed by atoms with E-state index in [2.05, 4.69) is 25.9 Å². The van der Waals surface area contributed by atoms with Crippen LogP contribution >= 0.6 is 0 Å². The minimum absolute atomic E-state index is 0.179. The molecule has 1 aromatic carbocycles. The van der Waals surface area contributed by atoms with E-state index in [1.165, 1.54) is 16.8 Å². The van der Waals surface area contributed by atoms with Crippen molar-refractivity contribution in [2.45, 2.75) is 24.9 Å². The highest BCUT2D eigenvalue weighted by molar-refractivity contribution is 5.88. The van der Waals surface area contributed by atoms with E-state index in [1.54, 1.807) is 20.2 Å². The Morgan fingerprint density at radius 2 is 2.00 bits per heavy atom. The van der Waals surface area contributed by atoms with Crippen LogP contribution in [-0.2, 0) is 23.4 Å². The Hall–Kier alpha value is -3.37. The highest BCUT2D eigenvalue weighted by Crippen LogP contribution is 2.34. The van der Waals surface area contributed by atoms with Gasteiger partial charge in [0.2, 0.25) is 17.6 Å². The molecule has 0 aliphatic carbocycles. The van der Waals surface area contributed by atoms with Gasteiger partial charge in [-0.1, -0.05) is 5.16 Å². The predicted octanol–water partition coefficient (Wildman–Crippen LogP) is 3.01. The maximum atomic E-state index is 12.7. The van der Waals surface area contributed by atoms with E-state index in [0.717, 1.165) is 12.1 Å². The summed E-state index contributed by atoms with van der Waals surface area (Å²) in [6.07, 6.45) is -2.21. The molecular formula is C18H17F3N6O2. The largest absolute Gasteiger partial charge is 0.416 e. The minimum Gasteiger partial charge on any atom is -0.355 e. The van der Waals surface area contributed by atoms with Crippen LogP contribution in [0.15, 0.2) is 35.0 Å². The van der Waals surface area contributed by atoms with Gasteiger partial charge in [0.05, 0.1) is 11.1 Å². The third-order valence-corrected chi connectivity index (χ3v) is 4.85. The highest BCUT2D eigenvalue weighted by atomic mass is 19.4. The molecule has 8 nitrogen and oxygen atoms in total. The molecule has 2 N–H and O–H groups in total. The van der Waals surface area contributed by atoms with E-state index in [0.29, 0.717) is 30.0 Å². The Labute approximate surface area is 163 Å². The fraction of sp³-hybridized carbons (Fsp3) is 0.333. The van der Waals surface area contributed by atoms with Crippen LogP contribution in [-0.4, -0.2) is 32.4 Å². The molecule has 3 heterocycles. The van der Waals surface area contributed by atoms with E-state index in [9.17, 15) is 18.0 Å². The summed E-state index contributed by atoms with van der Waals surface area (Å²) in [6.45, 7) is 2.26. The molecule has 2 aromatic heterocycles. The number of nitrogens with zero attached hydrogens (tertiary/aromatic N) is 4. The van der Waals surface area contributed by atoms with Gasteiger partial charge in [-0.25, -0.2) is 0 Å². The number of anilines is 2. The number of alkyl halides is 3. The zero-order chi connectivity index (χ0) is 20.8. The van der Waals surface area contributed by atoms with Crippen LogP contribution in [0.25, 0.3) is 11.4 Å². The molecule has 1 aliphatic rings. The second-order valence-corrected chi connectivity index (χ2v) is 7.03. The van der Waals surface area contributed by atoms with Gasteiger partial charge >= 0.3 is 6.18 Å². The Morgan fingerprint density at radius 1 is 1.28 bits per heavy atom. The first-order chi connectivity index (χ1) is 13.7. The van der Waals surface area contributed by atoms with Gasteiger partial charge in [0, 0.05) is 25.5 Å². The van der Waals surface area contributed by atoms with Crippen molar-refractivity contribution >= 4 is 17.4 Å². The number of rotatable bonds is 4. The van der Waals surface area contributed by atoms with Crippen molar-refractivity contribution in [2.75, 3.05) is 11.9 Å². The van der Waals surface area contributed by atoms with Crippen molar-refractivity contribution in [3.63, 3.8) is 0 Å². The molecule has 0 radical (unpaired) electrons. The Bertz CT molecular complexity index is 1060. The van der Waals surface area contributed by atoms with Crippen LogP contribution in [0.2, 0.25) is 0 Å². The molecule has 0 bridgehead atoms.